The summed E-state index contributed by atoms with van der Waals surface area (Å²) in [5.74, 6) is 0.435. The molecular formula is C18H29N3O2. The van der Waals surface area contributed by atoms with Crippen molar-refractivity contribution in [1.82, 2.24) is 15.2 Å². The predicted octanol–water partition coefficient (Wildman–Crippen LogP) is 2.86. The molecule has 0 aromatic carbocycles. The molecule has 2 atom stereocenters. The maximum Gasteiger partial charge on any atom is 0.410 e. The van der Waals surface area contributed by atoms with Crippen LogP contribution in [0.2, 0.25) is 0 Å². The Kier molecular flexibility index (Phi) is 5.99. The lowest BCUT2D eigenvalue weighted by atomic mass is 9.94. The van der Waals surface area contributed by atoms with E-state index in [4.69, 9.17) is 4.74 Å². The summed E-state index contributed by atoms with van der Waals surface area (Å²) in [6.07, 6.45) is 3.53. The molecule has 1 aliphatic heterocycles. The average Bonchev–Trinajstić information content (AvgIpc) is 2.96. The van der Waals surface area contributed by atoms with E-state index in [1.54, 1.807) is 0 Å². The number of carbonyl (C=O) groups is 1. The number of amides is 1. The average molecular weight is 319 g/mol. The second-order valence-electron chi connectivity index (χ2n) is 7.16. The van der Waals surface area contributed by atoms with Crippen LogP contribution in [0.1, 0.15) is 39.8 Å². The SMILES string of the molecule is CCNC(Cc1ccccn1)C1CCN(C(=O)OC(C)(C)C)C1. The third kappa shape index (κ3) is 5.50. The van der Waals surface area contributed by atoms with Crippen molar-refractivity contribution in [2.75, 3.05) is 19.6 Å². The molecule has 1 saturated heterocycles. The van der Waals surface area contributed by atoms with Crippen LogP contribution in [-0.2, 0) is 11.2 Å². The molecule has 1 aromatic heterocycles. The molecule has 1 amide bonds. The number of ether oxygens (including phenoxy) is 1. The number of likely N-dealkylation sites (tertiary alicyclic amines) is 1. The number of rotatable bonds is 5. The predicted molar refractivity (Wildman–Crippen MR) is 91.3 cm³/mol. The fourth-order valence-electron chi connectivity index (χ4n) is 3.02. The van der Waals surface area contributed by atoms with Gasteiger partial charge in [0.15, 0.2) is 0 Å². The Morgan fingerprint density at radius 2 is 2.26 bits per heavy atom. The monoisotopic (exact) mass is 319 g/mol. The molecule has 0 radical (unpaired) electrons. The second kappa shape index (κ2) is 7.77. The zero-order valence-corrected chi connectivity index (χ0v) is 14.7. The van der Waals surface area contributed by atoms with Crippen LogP contribution in [0.3, 0.4) is 0 Å². The van der Waals surface area contributed by atoms with E-state index in [0.29, 0.717) is 12.0 Å². The summed E-state index contributed by atoms with van der Waals surface area (Å²) < 4.78 is 5.48. The van der Waals surface area contributed by atoms with E-state index in [2.05, 4.69) is 23.3 Å². The molecule has 2 rings (SSSR count). The van der Waals surface area contributed by atoms with Crippen LogP contribution in [0.15, 0.2) is 24.4 Å². The standard InChI is InChI=1S/C18H29N3O2/c1-5-19-16(12-15-8-6-7-10-20-15)14-9-11-21(13-14)17(22)23-18(2,3)4/h6-8,10,14,16,19H,5,9,11-13H2,1-4H3. The first-order valence-corrected chi connectivity index (χ1v) is 8.50. The molecule has 0 spiro atoms. The molecule has 5 nitrogen and oxygen atoms in total. The van der Waals surface area contributed by atoms with Gasteiger partial charge in [0, 0.05) is 37.4 Å². The Hall–Kier alpha value is -1.62. The number of nitrogens with one attached hydrogen (secondary N) is 1. The summed E-state index contributed by atoms with van der Waals surface area (Å²) in [6, 6.07) is 6.35. The molecular weight excluding hydrogens is 290 g/mol. The van der Waals surface area contributed by atoms with Crippen molar-refractivity contribution in [3.05, 3.63) is 30.1 Å². The number of pyridine rings is 1. The van der Waals surface area contributed by atoms with Crippen LogP contribution in [0.25, 0.3) is 0 Å². The first-order chi connectivity index (χ1) is 10.9. The lowest BCUT2D eigenvalue weighted by Crippen LogP contribution is -2.41. The molecule has 2 heterocycles. The Labute approximate surface area is 139 Å². The van der Waals surface area contributed by atoms with Gasteiger partial charge in [-0.2, -0.15) is 0 Å². The van der Waals surface area contributed by atoms with Gasteiger partial charge in [-0.25, -0.2) is 4.79 Å². The van der Waals surface area contributed by atoms with E-state index in [1.165, 1.54) is 0 Å². The van der Waals surface area contributed by atoms with Crippen LogP contribution < -0.4 is 5.32 Å². The summed E-state index contributed by atoms with van der Waals surface area (Å²) in [7, 11) is 0. The van der Waals surface area contributed by atoms with E-state index in [1.807, 2.05) is 44.0 Å². The summed E-state index contributed by atoms with van der Waals surface area (Å²) >= 11 is 0. The third-order valence-corrected chi connectivity index (χ3v) is 4.07. The number of nitrogens with zero attached hydrogens (tertiary/aromatic N) is 2. The molecule has 1 aromatic rings. The first kappa shape index (κ1) is 17.7. The van der Waals surface area contributed by atoms with Crippen molar-refractivity contribution in [3.8, 4) is 0 Å². The molecule has 5 heteroatoms. The van der Waals surface area contributed by atoms with Gasteiger partial charge in [-0.15, -0.1) is 0 Å². The Morgan fingerprint density at radius 3 is 2.87 bits per heavy atom. The van der Waals surface area contributed by atoms with E-state index < -0.39 is 5.60 Å². The second-order valence-corrected chi connectivity index (χ2v) is 7.16. The Morgan fingerprint density at radius 1 is 1.48 bits per heavy atom. The maximum absolute atomic E-state index is 12.2. The molecule has 128 valence electrons. The third-order valence-electron chi connectivity index (χ3n) is 4.07. The van der Waals surface area contributed by atoms with Crippen molar-refractivity contribution < 1.29 is 9.53 Å². The largest absolute Gasteiger partial charge is 0.444 e. The van der Waals surface area contributed by atoms with E-state index in [-0.39, 0.29) is 6.09 Å². The number of likely N-dealkylation sites (N-methyl/N-ethyl adjacent to an activating group) is 1. The van der Waals surface area contributed by atoms with Crippen LogP contribution in [-0.4, -0.2) is 47.3 Å². The number of aromatic nitrogens is 1. The molecule has 2 unspecified atom stereocenters. The van der Waals surface area contributed by atoms with Gasteiger partial charge in [-0.05, 0) is 51.8 Å². The van der Waals surface area contributed by atoms with Crippen molar-refractivity contribution in [1.29, 1.82) is 0 Å². The fourth-order valence-corrected chi connectivity index (χ4v) is 3.02. The van der Waals surface area contributed by atoms with Crippen molar-refractivity contribution in [2.24, 2.45) is 5.92 Å². The smallest absolute Gasteiger partial charge is 0.410 e. The van der Waals surface area contributed by atoms with Gasteiger partial charge in [0.2, 0.25) is 0 Å². The highest BCUT2D eigenvalue weighted by Gasteiger charge is 2.33. The summed E-state index contributed by atoms with van der Waals surface area (Å²) in [4.78, 5) is 18.5. The molecule has 23 heavy (non-hydrogen) atoms. The minimum atomic E-state index is -0.440. The van der Waals surface area contributed by atoms with Crippen molar-refractivity contribution >= 4 is 6.09 Å². The van der Waals surface area contributed by atoms with Gasteiger partial charge in [0.05, 0.1) is 0 Å². The highest BCUT2D eigenvalue weighted by Crippen LogP contribution is 2.23. The van der Waals surface area contributed by atoms with E-state index in [9.17, 15) is 4.79 Å². The Bertz CT molecular complexity index is 499. The fraction of sp³-hybridized carbons (Fsp3) is 0.667. The first-order valence-electron chi connectivity index (χ1n) is 8.50. The number of carbonyl (C=O) groups excluding carboxylic acids is 1. The van der Waals surface area contributed by atoms with E-state index >= 15 is 0 Å². The minimum Gasteiger partial charge on any atom is -0.444 e. The van der Waals surface area contributed by atoms with Gasteiger partial charge in [-0.1, -0.05) is 13.0 Å². The Balaban J connectivity index is 1.95. The summed E-state index contributed by atoms with van der Waals surface area (Å²) in [5, 5.41) is 3.56. The lowest BCUT2D eigenvalue weighted by Gasteiger charge is -2.26. The van der Waals surface area contributed by atoms with Crippen LogP contribution in [0, 0.1) is 5.92 Å². The van der Waals surface area contributed by atoms with Crippen LogP contribution >= 0.6 is 0 Å². The van der Waals surface area contributed by atoms with Gasteiger partial charge in [0.1, 0.15) is 5.60 Å². The van der Waals surface area contributed by atoms with Gasteiger partial charge in [0.25, 0.3) is 0 Å². The normalized spacial score (nSPS) is 19.7. The van der Waals surface area contributed by atoms with Gasteiger partial charge < -0.3 is 15.0 Å². The highest BCUT2D eigenvalue weighted by atomic mass is 16.6. The maximum atomic E-state index is 12.2. The molecule has 1 N–H and O–H groups in total. The van der Waals surface area contributed by atoms with Crippen molar-refractivity contribution in [3.63, 3.8) is 0 Å². The number of hydrogen-bond donors (Lipinski definition) is 1. The van der Waals surface area contributed by atoms with Crippen molar-refractivity contribution in [2.45, 2.75) is 52.2 Å². The zero-order valence-electron chi connectivity index (χ0n) is 14.7. The topological polar surface area (TPSA) is 54.5 Å². The van der Waals surface area contributed by atoms with Crippen LogP contribution in [0.4, 0.5) is 4.79 Å². The molecule has 0 saturated carbocycles. The van der Waals surface area contributed by atoms with Crippen LogP contribution in [0.5, 0.6) is 0 Å². The lowest BCUT2D eigenvalue weighted by molar-refractivity contribution is 0.0285. The zero-order chi connectivity index (χ0) is 16.9. The summed E-state index contributed by atoms with van der Waals surface area (Å²) in [6.45, 7) is 10.3. The molecule has 0 aliphatic carbocycles. The summed E-state index contributed by atoms with van der Waals surface area (Å²) in [5.41, 5.74) is 0.652. The quantitative estimate of drug-likeness (QED) is 0.907. The number of hydrogen-bond acceptors (Lipinski definition) is 4. The molecule has 1 aliphatic rings. The van der Waals surface area contributed by atoms with Gasteiger partial charge in [-0.3, -0.25) is 4.98 Å². The van der Waals surface area contributed by atoms with E-state index in [0.717, 1.165) is 38.2 Å². The molecule has 0 bridgehead atoms. The highest BCUT2D eigenvalue weighted by molar-refractivity contribution is 5.68. The molecule has 1 fully saturated rings. The van der Waals surface area contributed by atoms with Gasteiger partial charge >= 0.3 is 6.09 Å². The minimum absolute atomic E-state index is 0.201.